The van der Waals surface area contributed by atoms with Crippen LogP contribution in [0.4, 0.5) is 10.5 Å². The second-order valence-electron chi connectivity index (χ2n) is 6.09. The van der Waals surface area contributed by atoms with Gasteiger partial charge in [-0.25, -0.2) is 9.69 Å². The van der Waals surface area contributed by atoms with Gasteiger partial charge in [0.1, 0.15) is 5.57 Å². The van der Waals surface area contributed by atoms with Crippen LogP contribution in [-0.2, 0) is 16.0 Å². The number of carbonyl (C=O) groups excluding carboxylic acids is 3. The van der Waals surface area contributed by atoms with Crippen molar-refractivity contribution >= 4 is 29.6 Å². The molecule has 2 aromatic carbocycles. The fourth-order valence-electron chi connectivity index (χ4n) is 2.94. The van der Waals surface area contributed by atoms with Gasteiger partial charge in [-0.05, 0) is 47.9 Å². The number of imide groups is 2. The van der Waals surface area contributed by atoms with E-state index in [1.54, 1.807) is 30.3 Å². The van der Waals surface area contributed by atoms with Gasteiger partial charge in [-0.1, -0.05) is 25.1 Å². The average Bonchev–Trinajstić information content (AvgIpc) is 3.13. The lowest BCUT2D eigenvalue weighted by molar-refractivity contribution is -0.122. The summed E-state index contributed by atoms with van der Waals surface area (Å²) in [5, 5.41) is 2.21. The molecule has 0 aliphatic carbocycles. The minimum Gasteiger partial charge on any atom is -0.454 e. The van der Waals surface area contributed by atoms with Crippen LogP contribution in [0.15, 0.2) is 48.0 Å². The molecule has 0 atom stereocenters. The van der Waals surface area contributed by atoms with Gasteiger partial charge in [0.05, 0.1) is 5.69 Å². The van der Waals surface area contributed by atoms with E-state index >= 15 is 0 Å². The van der Waals surface area contributed by atoms with Gasteiger partial charge < -0.3 is 9.47 Å². The molecule has 136 valence electrons. The molecule has 0 aromatic heterocycles. The maximum atomic E-state index is 12.9. The van der Waals surface area contributed by atoms with E-state index in [0.717, 1.165) is 16.9 Å². The van der Waals surface area contributed by atoms with Gasteiger partial charge >= 0.3 is 6.03 Å². The Labute approximate surface area is 155 Å². The van der Waals surface area contributed by atoms with E-state index in [0.29, 0.717) is 22.7 Å². The van der Waals surface area contributed by atoms with Crippen molar-refractivity contribution in [3.8, 4) is 11.5 Å². The molecule has 1 fully saturated rings. The van der Waals surface area contributed by atoms with Gasteiger partial charge in [0.25, 0.3) is 11.8 Å². The van der Waals surface area contributed by atoms with Crippen molar-refractivity contribution in [1.29, 1.82) is 0 Å². The van der Waals surface area contributed by atoms with E-state index in [-0.39, 0.29) is 12.4 Å². The molecule has 2 aliphatic rings. The number of aryl methyl sites for hydroxylation is 1. The van der Waals surface area contributed by atoms with Crippen LogP contribution in [0.1, 0.15) is 18.1 Å². The van der Waals surface area contributed by atoms with Gasteiger partial charge in [-0.2, -0.15) is 0 Å². The Bertz CT molecular complexity index is 978. The first-order chi connectivity index (χ1) is 13.1. The van der Waals surface area contributed by atoms with Crippen LogP contribution in [0, 0.1) is 0 Å². The van der Waals surface area contributed by atoms with E-state index in [4.69, 9.17) is 9.47 Å². The Morgan fingerprint density at radius 2 is 1.78 bits per heavy atom. The van der Waals surface area contributed by atoms with E-state index in [9.17, 15) is 14.4 Å². The summed E-state index contributed by atoms with van der Waals surface area (Å²) in [5.41, 5.74) is 1.94. The molecule has 4 amide bonds. The molecule has 0 saturated carbocycles. The molecular formula is C20H16N2O5. The molecule has 2 aliphatic heterocycles. The lowest BCUT2D eigenvalue weighted by atomic mass is 10.1. The van der Waals surface area contributed by atoms with E-state index < -0.39 is 17.8 Å². The van der Waals surface area contributed by atoms with Crippen molar-refractivity contribution in [3.63, 3.8) is 0 Å². The van der Waals surface area contributed by atoms with E-state index in [1.165, 1.54) is 6.08 Å². The number of hydrogen-bond acceptors (Lipinski definition) is 5. The van der Waals surface area contributed by atoms with Gasteiger partial charge in [-0.3, -0.25) is 14.9 Å². The maximum Gasteiger partial charge on any atom is 0.335 e. The number of fused-ring (bicyclic) bond motifs is 1. The highest BCUT2D eigenvalue weighted by molar-refractivity contribution is 6.39. The Balaban J connectivity index is 1.69. The van der Waals surface area contributed by atoms with Crippen LogP contribution in [0.2, 0.25) is 0 Å². The molecule has 7 nitrogen and oxygen atoms in total. The molecule has 0 radical (unpaired) electrons. The van der Waals surface area contributed by atoms with Gasteiger partial charge in [0, 0.05) is 0 Å². The number of nitrogens with one attached hydrogen (secondary N) is 1. The van der Waals surface area contributed by atoms with Crippen LogP contribution in [0.25, 0.3) is 6.08 Å². The van der Waals surface area contributed by atoms with Gasteiger partial charge in [0.15, 0.2) is 11.5 Å². The second kappa shape index (κ2) is 6.60. The zero-order valence-electron chi connectivity index (χ0n) is 14.5. The Hall–Kier alpha value is -3.61. The predicted octanol–water partition coefficient (Wildman–Crippen LogP) is 2.64. The molecule has 0 bridgehead atoms. The number of hydrogen-bond donors (Lipinski definition) is 1. The van der Waals surface area contributed by atoms with Crippen LogP contribution < -0.4 is 19.7 Å². The molecular weight excluding hydrogens is 348 g/mol. The third kappa shape index (κ3) is 3.03. The molecule has 1 N–H and O–H groups in total. The van der Waals surface area contributed by atoms with Gasteiger partial charge in [0.2, 0.25) is 6.79 Å². The largest absolute Gasteiger partial charge is 0.454 e. The lowest BCUT2D eigenvalue weighted by Gasteiger charge is -2.26. The van der Waals surface area contributed by atoms with Crippen LogP contribution in [0.3, 0.4) is 0 Å². The first kappa shape index (κ1) is 16.8. The fourth-order valence-corrected chi connectivity index (χ4v) is 2.94. The third-order valence-corrected chi connectivity index (χ3v) is 4.41. The number of urea groups is 1. The van der Waals surface area contributed by atoms with Crippen molar-refractivity contribution in [2.45, 2.75) is 13.3 Å². The standard InChI is InChI=1S/C20H16N2O5/c1-2-12-3-6-14(7-4-12)22-19(24)15(18(23)21-20(22)25)9-13-5-8-16-17(10-13)27-11-26-16/h3-10H,2,11H2,1H3,(H,21,23,25). The number of anilines is 1. The Morgan fingerprint density at radius 1 is 1.04 bits per heavy atom. The number of nitrogens with zero attached hydrogens (tertiary/aromatic N) is 1. The smallest absolute Gasteiger partial charge is 0.335 e. The third-order valence-electron chi connectivity index (χ3n) is 4.41. The minimum absolute atomic E-state index is 0.130. The van der Waals surface area contributed by atoms with Crippen molar-refractivity contribution < 1.29 is 23.9 Å². The Kier molecular flexibility index (Phi) is 4.12. The number of benzene rings is 2. The fraction of sp³-hybridized carbons (Fsp3) is 0.150. The normalized spacial score (nSPS) is 17.4. The number of rotatable bonds is 3. The van der Waals surface area contributed by atoms with Crippen molar-refractivity contribution in [3.05, 3.63) is 59.2 Å². The highest BCUT2D eigenvalue weighted by atomic mass is 16.7. The van der Waals surface area contributed by atoms with Crippen LogP contribution in [-0.4, -0.2) is 24.6 Å². The number of ether oxygens (including phenoxy) is 2. The number of barbiturate groups is 1. The molecule has 7 heteroatoms. The van der Waals surface area contributed by atoms with Crippen LogP contribution >= 0.6 is 0 Å². The summed E-state index contributed by atoms with van der Waals surface area (Å²) in [6, 6.07) is 11.4. The molecule has 2 aromatic rings. The second-order valence-corrected chi connectivity index (χ2v) is 6.09. The monoisotopic (exact) mass is 364 g/mol. The molecule has 0 spiro atoms. The maximum absolute atomic E-state index is 12.9. The molecule has 4 rings (SSSR count). The Morgan fingerprint density at radius 3 is 2.52 bits per heavy atom. The molecule has 0 unspecified atom stereocenters. The summed E-state index contributed by atoms with van der Waals surface area (Å²) < 4.78 is 10.6. The summed E-state index contributed by atoms with van der Waals surface area (Å²) in [7, 11) is 0. The summed E-state index contributed by atoms with van der Waals surface area (Å²) >= 11 is 0. The van der Waals surface area contributed by atoms with Crippen molar-refractivity contribution in [2.24, 2.45) is 0 Å². The topological polar surface area (TPSA) is 84.9 Å². The summed E-state index contributed by atoms with van der Waals surface area (Å²) in [5.74, 6) is -0.268. The number of amides is 4. The first-order valence-electron chi connectivity index (χ1n) is 8.47. The average molecular weight is 364 g/mol. The highest BCUT2D eigenvalue weighted by Crippen LogP contribution is 2.33. The molecule has 1 saturated heterocycles. The predicted molar refractivity (Wildman–Crippen MR) is 97.4 cm³/mol. The van der Waals surface area contributed by atoms with E-state index in [1.807, 2.05) is 19.1 Å². The van der Waals surface area contributed by atoms with Gasteiger partial charge in [-0.15, -0.1) is 0 Å². The summed E-state index contributed by atoms with van der Waals surface area (Å²) in [6.45, 7) is 2.14. The summed E-state index contributed by atoms with van der Waals surface area (Å²) in [6.07, 6.45) is 2.27. The van der Waals surface area contributed by atoms with E-state index in [2.05, 4.69) is 5.32 Å². The quantitative estimate of drug-likeness (QED) is 0.669. The zero-order valence-corrected chi connectivity index (χ0v) is 14.5. The SMILES string of the molecule is CCc1ccc(N2C(=O)NC(=O)C(=Cc3ccc4c(c3)OCO4)C2=O)cc1. The first-order valence-corrected chi connectivity index (χ1v) is 8.47. The van der Waals surface area contributed by atoms with Crippen molar-refractivity contribution in [2.75, 3.05) is 11.7 Å². The highest BCUT2D eigenvalue weighted by Gasteiger charge is 2.36. The zero-order chi connectivity index (χ0) is 19.0. The number of carbonyl (C=O) groups is 3. The summed E-state index contributed by atoms with van der Waals surface area (Å²) in [4.78, 5) is 38.3. The molecule has 2 heterocycles. The molecule has 27 heavy (non-hydrogen) atoms. The lowest BCUT2D eigenvalue weighted by Crippen LogP contribution is -2.54. The van der Waals surface area contributed by atoms with Crippen molar-refractivity contribution in [1.82, 2.24) is 5.32 Å². The van der Waals surface area contributed by atoms with Crippen LogP contribution in [0.5, 0.6) is 11.5 Å². The minimum atomic E-state index is -0.767.